The first-order valence-corrected chi connectivity index (χ1v) is 12.9. The third kappa shape index (κ3) is 6.22. The van der Waals surface area contributed by atoms with Crippen LogP contribution in [0, 0.1) is 17.6 Å². The van der Waals surface area contributed by atoms with Crippen molar-refractivity contribution < 1.29 is 30.4 Å². The monoisotopic (exact) mass is 499 g/mol. The lowest BCUT2D eigenvalue weighted by molar-refractivity contribution is 0.0950. The summed E-state index contributed by atoms with van der Waals surface area (Å²) in [5.74, 6) is -2.67. The molecule has 1 heterocycles. The molecule has 0 aliphatic carbocycles. The van der Waals surface area contributed by atoms with Crippen molar-refractivity contribution in [2.45, 2.75) is 17.9 Å². The minimum absolute atomic E-state index is 0.00646. The smallest absolute Gasteiger partial charge is 0.251 e. The summed E-state index contributed by atoms with van der Waals surface area (Å²) >= 11 is 0. The average molecular weight is 500 g/mol. The largest absolute Gasteiger partial charge is 0.348 e. The van der Waals surface area contributed by atoms with Crippen LogP contribution in [0.1, 0.15) is 22.3 Å². The first-order chi connectivity index (χ1) is 15.5. The summed E-state index contributed by atoms with van der Waals surface area (Å²) < 4.78 is 78.6. The number of carbonyl (C=O) groups excluding carboxylic acids is 1. The summed E-state index contributed by atoms with van der Waals surface area (Å²) in [5.41, 5.74) is 0.579. The van der Waals surface area contributed by atoms with Crippen LogP contribution < -0.4 is 10.0 Å². The van der Waals surface area contributed by atoms with E-state index in [0.717, 1.165) is 17.5 Å². The van der Waals surface area contributed by atoms with Crippen LogP contribution >= 0.6 is 0 Å². The molecule has 178 valence electrons. The molecule has 12 heteroatoms. The summed E-state index contributed by atoms with van der Waals surface area (Å²) in [5, 5.41) is 3.36. The zero-order valence-corrected chi connectivity index (χ0v) is 19.1. The minimum Gasteiger partial charge on any atom is -0.348 e. The number of sulfonamides is 2. The van der Waals surface area contributed by atoms with E-state index in [9.17, 15) is 30.4 Å². The van der Waals surface area contributed by atoms with Gasteiger partial charge in [0.15, 0.2) is 11.6 Å². The topological polar surface area (TPSA) is 113 Å². The second-order valence-corrected chi connectivity index (χ2v) is 11.2. The quantitative estimate of drug-likeness (QED) is 0.548. The summed E-state index contributed by atoms with van der Waals surface area (Å²) in [4.78, 5) is 12.3. The predicted molar refractivity (Wildman–Crippen MR) is 118 cm³/mol. The fourth-order valence-corrected chi connectivity index (χ4v) is 5.45. The van der Waals surface area contributed by atoms with Crippen molar-refractivity contribution in [1.82, 2.24) is 14.3 Å². The van der Waals surface area contributed by atoms with Gasteiger partial charge in [-0.15, -0.1) is 0 Å². The number of hydrogen-bond acceptors (Lipinski definition) is 5. The Hall–Kier alpha value is -2.67. The van der Waals surface area contributed by atoms with E-state index in [4.69, 9.17) is 0 Å². The number of nitrogens with zero attached hydrogens (tertiary/aromatic N) is 1. The summed E-state index contributed by atoms with van der Waals surface area (Å²) in [6.07, 6.45) is 0.503. The van der Waals surface area contributed by atoms with E-state index in [2.05, 4.69) is 16.6 Å². The van der Waals surface area contributed by atoms with Crippen LogP contribution in [-0.2, 0) is 26.6 Å². The molecule has 0 radical (unpaired) electrons. The molecule has 0 bridgehead atoms. The van der Waals surface area contributed by atoms with Crippen molar-refractivity contribution in [1.29, 1.82) is 0 Å². The van der Waals surface area contributed by atoms with Gasteiger partial charge in [0.2, 0.25) is 20.0 Å². The molecule has 0 spiro atoms. The lowest BCUT2D eigenvalue weighted by Gasteiger charge is -2.17. The van der Waals surface area contributed by atoms with Gasteiger partial charge in [0.1, 0.15) is 0 Å². The van der Waals surface area contributed by atoms with E-state index in [1.54, 1.807) is 0 Å². The van der Waals surface area contributed by atoms with Gasteiger partial charge in [-0.05, 0) is 54.3 Å². The normalized spacial score (nSPS) is 17.1. The van der Waals surface area contributed by atoms with Crippen molar-refractivity contribution in [3.05, 3.63) is 77.2 Å². The third-order valence-electron chi connectivity index (χ3n) is 5.23. The molecule has 1 aliphatic heterocycles. The molecule has 1 aliphatic rings. The molecule has 2 N–H and O–H groups in total. The molecule has 33 heavy (non-hydrogen) atoms. The first kappa shape index (κ1) is 25.0. The number of nitrogens with one attached hydrogen (secondary N) is 2. The average Bonchev–Trinajstić information content (AvgIpc) is 3.28. The van der Waals surface area contributed by atoms with E-state index >= 15 is 0 Å². The number of halogens is 2. The summed E-state index contributed by atoms with van der Waals surface area (Å²) in [6, 6.07) is 8.65. The molecule has 0 saturated carbocycles. The summed E-state index contributed by atoms with van der Waals surface area (Å²) in [7, 11) is -7.39. The van der Waals surface area contributed by atoms with Gasteiger partial charge in [0.25, 0.3) is 5.91 Å². The number of rotatable bonds is 9. The van der Waals surface area contributed by atoms with Gasteiger partial charge in [-0.2, -0.15) is 4.31 Å². The molecule has 1 amide bonds. The maximum atomic E-state index is 13.3. The molecular weight excluding hydrogens is 476 g/mol. The van der Waals surface area contributed by atoms with Crippen LogP contribution in [0.15, 0.2) is 59.3 Å². The second kappa shape index (κ2) is 10.1. The van der Waals surface area contributed by atoms with Gasteiger partial charge < -0.3 is 5.32 Å². The van der Waals surface area contributed by atoms with Crippen molar-refractivity contribution >= 4 is 26.0 Å². The highest BCUT2D eigenvalue weighted by Gasteiger charge is 2.32. The van der Waals surface area contributed by atoms with Gasteiger partial charge in [0.05, 0.1) is 4.90 Å². The van der Waals surface area contributed by atoms with Gasteiger partial charge in [-0.25, -0.2) is 30.3 Å². The first-order valence-electron chi connectivity index (χ1n) is 9.96. The van der Waals surface area contributed by atoms with Crippen LogP contribution in [0.25, 0.3) is 0 Å². The fourth-order valence-electron chi connectivity index (χ4n) is 3.34. The van der Waals surface area contributed by atoms with Gasteiger partial charge >= 0.3 is 0 Å². The van der Waals surface area contributed by atoms with E-state index in [1.165, 1.54) is 34.6 Å². The molecule has 1 fully saturated rings. The van der Waals surface area contributed by atoms with E-state index < -0.39 is 37.6 Å². The van der Waals surface area contributed by atoms with Crippen LogP contribution in [0.5, 0.6) is 0 Å². The molecule has 2 aromatic carbocycles. The van der Waals surface area contributed by atoms with E-state index in [-0.39, 0.29) is 42.6 Å². The van der Waals surface area contributed by atoms with Crippen molar-refractivity contribution in [3.63, 3.8) is 0 Å². The standard InChI is InChI=1S/C21H23F2N3O5S2/c1-2-32(28,29)25-13-16-9-10-26(14-16)33(30,31)18-6-4-17(5-7-18)21(27)24-12-15-3-8-19(22)20(23)11-15/h2-8,11,16,25H,1,9-10,12-14H2,(H,24,27)/t16-/m1/s1. The van der Waals surface area contributed by atoms with E-state index in [1.807, 2.05) is 0 Å². The molecule has 0 aromatic heterocycles. The Morgan fingerprint density at radius 1 is 1.09 bits per heavy atom. The Morgan fingerprint density at radius 3 is 2.42 bits per heavy atom. The van der Waals surface area contributed by atoms with Crippen LogP contribution in [0.3, 0.4) is 0 Å². The fraction of sp³-hybridized carbons (Fsp3) is 0.286. The van der Waals surface area contributed by atoms with Crippen molar-refractivity contribution in [3.8, 4) is 0 Å². The molecule has 1 atom stereocenters. The maximum absolute atomic E-state index is 13.3. The Kier molecular flexibility index (Phi) is 7.62. The number of carbonyl (C=O) groups is 1. The molecule has 0 unspecified atom stereocenters. The van der Waals surface area contributed by atoms with Crippen LogP contribution in [0.2, 0.25) is 0 Å². The highest BCUT2D eigenvalue weighted by Crippen LogP contribution is 2.24. The Balaban J connectivity index is 1.59. The third-order valence-corrected chi connectivity index (χ3v) is 8.12. The van der Waals surface area contributed by atoms with Gasteiger partial charge in [0, 0.05) is 37.2 Å². The lowest BCUT2D eigenvalue weighted by Crippen LogP contribution is -2.32. The Bertz CT molecular complexity index is 1250. The van der Waals surface area contributed by atoms with Crippen LogP contribution in [-0.4, -0.2) is 46.7 Å². The Labute approximate surface area is 191 Å². The summed E-state index contributed by atoms with van der Waals surface area (Å²) in [6.45, 7) is 3.71. The maximum Gasteiger partial charge on any atom is 0.251 e. The lowest BCUT2D eigenvalue weighted by atomic mass is 10.1. The predicted octanol–water partition coefficient (Wildman–Crippen LogP) is 1.97. The van der Waals surface area contributed by atoms with Gasteiger partial charge in [-0.3, -0.25) is 4.79 Å². The molecule has 1 saturated heterocycles. The minimum atomic E-state index is -3.81. The van der Waals surface area contributed by atoms with Gasteiger partial charge in [-0.1, -0.05) is 12.6 Å². The zero-order chi connectivity index (χ0) is 24.2. The molecule has 3 rings (SSSR count). The molecule has 2 aromatic rings. The van der Waals surface area contributed by atoms with Crippen molar-refractivity contribution in [2.24, 2.45) is 5.92 Å². The molecular formula is C21H23F2N3O5S2. The molecule has 8 nitrogen and oxygen atoms in total. The SMILES string of the molecule is C=CS(=O)(=O)NC[C@H]1CCN(S(=O)(=O)c2ccc(C(=O)NCc3ccc(F)c(F)c3)cc2)C1. The number of benzene rings is 2. The number of amides is 1. The van der Waals surface area contributed by atoms with Crippen molar-refractivity contribution in [2.75, 3.05) is 19.6 Å². The highest BCUT2D eigenvalue weighted by molar-refractivity contribution is 7.92. The second-order valence-electron chi connectivity index (χ2n) is 7.53. The Morgan fingerprint density at radius 2 is 1.79 bits per heavy atom. The van der Waals surface area contributed by atoms with Crippen LogP contribution in [0.4, 0.5) is 8.78 Å². The number of hydrogen-bond donors (Lipinski definition) is 2. The van der Waals surface area contributed by atoms with E-state index in [0.29, 0.717) is 12.0 Å². The highest BCUT2D eigenvalue weighted by atomic mass is 32.2. The zero-order valence-electron chi connectivity index (χ0n) is 17.5.